The Labute approximate surface area is 102 Å². The summed E-state index contributed by atoms with van der Waals surface area (Å²) in [4.78, 5) is 23.2. The Morgan fingerprint density at radius 1 is 1.19 bits per heavy atom. The highest BCUT2D eigenvalue weighted by molar-refractivity contribution is 8.00. The lowest BCUT2D eigenvalue weighted by atomic mass is 10.1. The van der Waals surface area contributed by atoms with E-state index in [1.54, 1.807) is 39.5 Å². The van der Waals surface area contributed by atoms with Crippen LogP contribution in [0.2, 0.25) is 0 Å². The summed E-state index contributed by atoms with van der Waals surface area (Å²) in [7, 11) is 0. The fraction of sp³-hybridized carbons (Fsp3) is 0.833. The van der Waals surface area contributed by atoms with Crippen LogP contribution >= 0.6 is 11.8 Å². The van der Waals surface area contributed by atoms with E-state index in [-0.39, 0.29) is 5.78 Å². The van der Waals surface area contributed by atoms with Gasteiger partial charge in [-0.2, -0.15) is 11.8 Å². The number of thioether (sulfide) groups is 1. The number of ether oxygens (including phenoxy) is 1. The molecule has 0 heterocycles. The van der Waals surface area contributed by atoms with Gasteiger partial charge < -0.3 is 4.74 Å². The van der Waals surface area contributed by atoms with Crippen molar-refractivity contribution in [2.24, 2.45) is 5.92 Å². The number of carbonyl (C=O) groups is 2. The molecule has 3 nitrogen and oxygen atoms in total. The van der Waals surface area contributed by atoms with Crippen LogP contribution < -0.4 is 0 Å². The minimum Gasteiger partial charge on any atom is -0.459 e. The van der Waals surface area contributed by atoms with Gasteiger partial charge in [-0.3, -0.25) is 9.59 Å². The van der Waals surface area contributed by atoms with Crippen molar-refractivity contribution in [3.63, 3.8) is 0 Å². The van der Waals surface area contributed by atoms with Crippen LogP contribution in [0.4, 0.5) is 0 Å². The molecule has 1 unspecified atom stereocenters. The second-order valence-electron chi connectivity index (χ2n) is 5.08. The number of Topliss-reactive ketones (excluding diaryl/α,β-unsaturated/α-hetero) is 1. The van der Waals surface area contributed by atoms with Crippen molar-refractivity contribution in [2.75, 3.05) is 5.75 Å². The van der Waals surface area contributed by atoms with Gasteiger partial charge in [-0.05, 0) is 32.9 Å². The van der Waals surface area contributed by atoms with E-state index >= 15 is 0 Å². The van der Waals surface area contributed by atoms with Crippen LogP contribution in [-0.2, 0) is 14.3 Å². The molecule has 0 aromatic rings. The minimum absolute atomic E-state index is 0.0621. The van der Waals surface area contributed by atoms with Gasteiger partial charge in [0.15, 0.2) is 5.78 Å². The highest BCUT2D eigenvalue weighted by Crippen LogP contribution is 2.15. The molecule has 1 atom stereocenters. The fourth-order valence-electron chi connectivity index (χ4n) is 0.895. The topological polar surface area (TPSA) is 43.4 Å². The van der Waals surface area contributed by atoms with E-state index in [2.05, 4.69) is 0 Å². The molecule has 0 aliphatic rings. The van der Waals surface area contributed by atoms with Crippen molar-refractivity contribution in [3.8, 4) is 0 Å². The zero-order valence-electron chi connectivity index (χ0n) is 11.0. The summed E-state index contributed by atoms with van der Waals surface area (Å²) in [6.07, 6.45) is 0. The molecule has 0 saturated carbocycles. The molecule has 0 bridgehead atoms. The van der Waals surface area contributed by atoms with Gasteiger partial charge in [0.1, 0.15) is 11.5 Å². The summed E-state index contributed by atoms with van der Waals surface area (Å²) in [5, 5.41) is 0.398. The van der Waals surface area contributed by atoms with Gasteiger partial charge in [0.2, 0.25) is 0 Å². The van der Waals surface area contributed by atoms with Crippen molar-refractivity contribution in [2.45, 2.75) is 52.4 Å². The lowest BCUT2D eigenvalue weighted by molar-refractivity contribution is -0.160. The standard InChI is InChI=1S/C12H22O3S/c1-8(2)16-7-10(13)9(3)11(14)15-12(4,5)6/h8-9H,7H2,1-6H3. The molecule has 0 radical (unpaired) electrons. The second-order valence-corrected chi connectivity index (χ2v) is 6.65. The quantitative estimate of drug-likeness (QED) is 0.552. The monoisotopic (exact) mass is 246 g/mol. The third-order valence-electron chi connectivity index (χ3n) is 1.80. The molecule has 0 aromatic carbocycles. The summed E-state index contributed by atoms with van der Waals surface area (Å²) in [6, 6.07) is 0. The maximum atomic E-state index is 11.7. The van der Waals surface area contributed by atoms with Gasteiger partial charge in [0.25, 0.3) is 0 Å². The number of esters is 1. The van der Waals surface area contributed by atoms with Crippen molar-refractivity contribution < 1.29 is 14.3 Å². The molecule has 94 valence electrons. The molecule has 0 spiro atoms. The summed E-state index contributed by atoms with van der Waals surface area (Å²) in [5.41, 5.74) is -0.531. The van der Waals surface area contributed by atoms with Crippen LogP contribution in [0.3, 0.4) is 0 Å². The Bertz CT molecular complexity index is 253. The van der Waals surface area contributed by atoms with E-state index in [4.69, 9.17) is 4.74 Å². The molecular formula is C12H22O3S. The summed E-state index contributed by atoms with van der Waals surface area (Å²) >= 11 is 1.55. The maximum Gasteiger partial charge on any atom is 0.316 e. The Balaban J connectivity index is 4.17. The average Bonchev–Trinajstić information content (AvgIpc) is 2.10. The molecule has 0 aliphatic heterocycles. The summed E-state index contributed by atoms with van der Waals surface area (Å²) < 4.78 is 5.16. The molecule has 0 aliphatic carbocycles. The number of ketones is 1. The number of carbonyl (C=O) groups excluding carboxylic acids is 2. The van der Waals surface area contributed by atoms with Crippen molar-refractivity contribution >= 4 is 23.5 Å². The van der Waals surface area contributed by atoms with E-state index in [0.717, 1.165) is 0 Å². The molecule has 0 N–H and O–H groups in total. The minimum atomic E-state index is -0.662. The molecule has 0 rings (SSSR count). The zero-order chi connectivity index (χ0) is 12.9. The lowest BCUT2D eigenvalue weighted by Crippen LogP contribution is -2.32. The predicted molar refractivity (Wildman–Crippen MR) is 67.6 cm³/mol. The Kier molecular flexibility index (Phi) is 6.08. The van der Waals surface area contributed by atoms with Crippen molar-refractivity contribution in [1.82, 2.24) is 0 Å². The maximum absolute atomic E-state index is 11.7. The van der Waals surface area contributed by atoms with Crippen LogP contribution in [0.15, 0.2) is 0 Å². The molecule has 0 amide bonds. The van der Waals surface area contributed by atoms with E-state index < -0.39 is 17.5 Å². The summed E-state index contributed by atoms with van der Waals surface area (Å²) in [5.74, 6) is -0.779. The first-order valence-electron chi connectivity index (χ1n) is 5.50. The average molecular weight is 246 g/mol. The summed E-state index contributed by atoms with van der Waals surface area (Å²) in [6.45, 7) is 11.0. The van der Waals surface area contributed by atoms with Crippen LogP contribution in [0, 0.1) is 5.92 Å². The smallest absolute Gasteiger partial charge is 0.316 e. The van der Waals surface area contributed by atoms with E-state index in [9.17, 15) is 9.59 Å². The number of hydrogen-bond acceptors (Lipinski definition) is 4. The van der Waals surface area contributed by atoms with Crippen LogP contribution in [0.25, 0.3) is 0 Å². The molecule has 0 aromatic heterocycles. The molecule has 16 heavy (non-hydrogen) atoms. The highest BCUT2D eigenvalue weighted by atomic mass is 32.2. The second kappa shape index (κ2) is 6.28. The van der Waals surface area contributed by atoms with Gasteiger partial charge in [-0.15, -0.1) is 0 Å². The number of hydrogen-bond donors (Lipinski definition) is 0. The normalized spacial score (nSPS) is 13.7. The van der Waals surface area contributed by atoms with Gasteiger partial charge in [0.05, 0.1) is 5.75 Å². The fourth-order valence-corrected chi connectivity index (χ4v) is 1.64. The molecule has 0 fully saturated rings. The third-order valence-corrected chi connectivity index (χ3v) is 2.92. The van der Waals surface area contributed by atoms with Crippen LogP contribution in [-0.4, -0.2) is 28.4 Å². The molecule has 0 saturated heterocycles. The first kappa shape index (κ1) is 15.5. The predicted octanol–water partition coefficient (Wildman–Crippen LogP) is 2.67. The Morgan fingerprint density at radius 2 is 1.69 bits per heavy atom. The van der Waals surface area contributed by atoms with E-state index in [0.29, 0.717) is 11.0 Å². The zero-order valence-corrected chi connectivity index (χ0v) is 11.8. The van der Waals surface area contributed by atoms with Crippen molar-refractivity contribution in [3.05, 3.63) is 0 Å². The molecular weight excluding hydrogens is 224 g/mol. The third kappa shape index (κ3) is 6.88. The van der Waals surface area contributed by atoms with Gasteiger partial charge >= 0.3 is 5.97 Å². The SMILES string of the molecule is CC(C)SCC(=O)C(C)C(=O)OC(C)(C)C. The first-order valence-corrected chi connectivity index (χ1v) is 6.55. The van der Waals surface area contributed by atoms with E-state index in [1.807, 2.05) is 13.8 Å². The Morgan fingerprint density at radius 3 is 2.06 bits per heavy atom. The van der Waals surface area contributed by atoms with Gasteiger partial charge in [0, 0.05) is 0 Å². The first-order chi connectivity index (χ1) is 7.13. The van der Waals surface area contributed by atoms with Crippen LogP contribution in [0.5, 0.6) is 0 Å². The van der Waals surface area contributed by atoms with Crippen molar-refractivity contribution in [1.29, 1.82) is 0 Å². The number of rotatable bonds is 5. The highest BCUT2D eigenvalue weighted by Gasteiger charge is 2.26. The van der Waals surface area contributed by atoms with E-state index in [1.165, 1.54) is 0 Å². The van der Waals surface area contributed by atoms with Gasteiger partial charge in [-0.25, -0.2) is 0 Å². The largest absolute Gasteiger partial charge is 0.459 e. The van der Waals surface area contributed by atoms with Gasteiger partial charge in [-0.1, -0.05) is 13.8 Å². The lowest BCUT2D eigenvalue weighted by Gasteiger charge is -2.21. The molecule has 4 heteroatoms. The Hall–Kier alpha value is -0.510. The van der Waals surface area contributed by atoms with Crippen LogP contribution in [0.1, 0.15) is 41.5 Å².